The summed E-state index contributed by atoms with van der Waals surface area (Å²) >= 11 is 1.87. The summed E-state index contributed by atoms with van der Waals surface area (Å²) in [5.41, 5.74) is 2.89. The molecule has 0 spiro atoms. The van der Waals surface area contributed by atoms with Crippen molar-refractivity contribution >= 4 is 23.4 Å². The molecule has 4 heteroatoms. The second-order valence-corrected chi connectivity index (χ2v) is 6.80. The highest BCUT2D eigenvalue weighted by Gasteiger charge is 2.41. The zero-order valence-electron chi connectivity index (χ0n) is 12.6. The Bertz CT molecular complexity index is 483. The standard InChI is InChI=1S/C16H24N2OS/c1-4-9-17-13-5-6-14(12(2)10-13)15(19)18-11-16(20-3)7-8-16/h5-6,10,17H,4,7-9,11H2,1-3H3,(H,18,19). The molecule has 0 aliphatic heterocycles. The topological polar surface area (TPSA) is 41.1 Å². The molecule has 1 saturated carbocycles. The van der Waals surface area contributed by atoms with Gasteiger partial charge in [-0.3, -0.25) is 4.79 Å². The van der Waals surface area contributed by atoms with Crippen LogP contribution >= 0.6 is 11.8 Å². The highest BCUT2D eigenvalue weighted by molar-refractivity contribution is 8.00. The molecule has 2 N–H and O–H groups in total. The second kappa shape index (κ2) is 6.53. The monoisotopic (exact) mass is 292 g/mol. The number of amides is 1. The third-order valence-corrected chi connectivity index (χ3v) is 5.28. The van der Waals surface area contributed by atoms with E-state index < -0.39 is 0 Å². The van der Waals surface area contributed by atoms with Crippen molar-refractivity contribution in [1.29, 1.82) is 0 Å². The molecular formula is C16H24N2OS. The van der Waals surface area contributed by atoms with Crippen molar-refractivity contribution < 1.29 is 4.79 Å². The van der Waals surface area contributed by atoms with Crippen LogP contribution in [0.15, 0.2) is 18.2 Å². The van der Waals surface area contributed by atoms with E-state index in [1.807, 2.05) is 36.9 Å². The first-order valence-corrected chi connectivity index (χ1v) is 8.50. The molecule has 0 atom stereocenters. The Kier molecular flexibility index (Phi) is 4.97. The van der Waals surface area contributed by atoms with Crippen molar-refractivity contribution in [1.82, 2.24) is 5.32 Å². The van der Waals surface area contributed by atoms with Crippen molar-refractivity contribution in [3.8, 4) is 0 Å². The molecule has 1 aliphatic carbocycles. The maximum Gasteiger partial charge on any atom is 0.251 e. The zero-order valence-corrected chi connectivity index (χ0v) is 13.4. The van der Waals surface area contributed by atoms with Gasteiger partial charge in [-0.25, -0.2) is 0 Å². The molecule has 0 saturated heterocycles. The molecule has 1 aliphatic rings. The summed E-state index contributed by atoms with van der Waals surface area (Å²) in [6.07, 6.45) is 5.65. The van der Waals surface area contributed by atoms with Crippen LogP contribution < -0.4 is 10.6 Å². The highest BCUT2D eigenvalue weighted by Crippen LogP contribution is 2.46. The van der Waals surface area contributed by atoms with Crippen molar-refractivity contribution in [2.75, 3.05) is 24.7 Å². The third kappa shape index (κ3) is 3.69. The molecule has 1 aromatic carbocycles. The molecule has 110 valence electrons. The first-order chi connectivity index (χ1) is 9.60. The molecule has 2 rings (SSSR count). The molecule has 1 fully saturated rings. The van der Waals surface area contributed by atoms with Crippen LogP contribution in [0.1, 0.15) is 42.1 Å². The molecule has 1 aromatic rings. The fourth-order valence-corrected chi connectivity index (χ4v) is 2.95. The Hall–Kier alpha value is -1.16. The number of rotatable bonds is 7. The predicted octanol–water partition coefficient (Wildman–Crippen LogP) is 3.44. The van der Waals surface area contributed by atoms with Crippen molar-refractivity contribution in [2.24, 2.45) is 0 Å². The van der Waals surface area contributed by atoms with Gasteiger partial charge in [0, 0.05) is 29.1 Å². The van der Waals surface area contributed by atoms with Gasteiger partial charge >= 0.3 is 0 Å². The van der Waals surface area contributed by atoms with E-state index in [9.17, 15) is 4.79 Å². The van der Waals surface area contributed by atoms with Gasteiger partial charge < -0.3 is 10.6 Å². The first kappa shape index (κ1) is 15.2. The maximum absolute atomic E-state index is 12.2. The smallest absolute Gasteiger partial charge is 0.251 e. The summed E-state index contributed by atoms with van der Waals surface area (Å²) in [6.45, 7) is 5.87. The molecular weight excluding hydrogens is 268 g/mol. The largest absolute Gasteiger partial charge is 0.385 e. The van der Waals surface area contributed by atoms with Gasteiger partial charge in [0.1, 0.15) is 0 Å². The maximum atomic E-state index is 12.2. The van der Waals surface area contributed by atoms with Gasteiger partial charge in [-0.2, -0.15) is 11.8 Å². The Morgan fingerprint density at radius 2 is 2.15 bits per heavy atom. The lowest BCUT2D eigenvalue weighted by atomic mass is 10.1. The minimum atomic E-state index is 0.0462. The van der Waals surface area contributed by atoms with Crippen LogP contribution in [0.4, 0.5) is 5.69 Å². The minimum Gasteiger partial charge on any atom is -0.385 e. The number of aryl methyl sites for hydroxylation is 1. The molecule has 0 radical (unpaired) electrons. The van der Waals surface area contributed by atoms with Crippen LogP contribution in [0.5, 0.6) is 0 Å². The SMILES string of the molecule is CCCNc1ccc(C(=O)NCC2(SC)CC2)c(C)c1. The molecule has 3 nitrogen and oxygen atoms in total. The van der Waals surface area contributed by atoms with E-state index in [0.29, 0.717) is 4.75 Å². The van der Waals surface area contributed by atoms with E-state index in [-0.39, 0.29) is 5.91 Å². The third-order valence-electron chi connectivity index (χ3n) is 3.86. The Labute approximate surface area is 125 Å². The van der Waals surface area contributed by atoms with Crippen molar-refractivity contribution in [3.05, 3.63) is 29.3 Å². The lowest BCUT2D eigenvalue weighted by Gasteiger charge is -2.14. The molecule has 0 unspecified atom stereocenters. The summed E-state index contributed by atoms with van der Waals surface area (Å²) in [7, 11) is 0. The van der Waals surface area contributed by atoms with Gasteiger partial charge in [0.2, 0.25) is 0 Å². The lowest BCUT2D eigenvalue weighted by molar-refractivity contribution is 0.0952. The summed E-state index contributed by atoms with van der Waals surface area (Å²) in [4.78, 5) is 12.2. The average Bonchev–Trinajstić information content (AvgIpc) is 3.23. The average molecular weight is 292 g/mol. The first-order valence-electron chi connectivity index (χ1n) is 7.28. The van der Waals surface area contributed by atoms with E-state index in [1.165, 1.54) is 12.8 Å². The van der Waals surface area contributed by atoms with E-state index in [2.05, 4.69) is 23.8 Å². The van der Waals surface area contributed by atoms with E-state index >= 15 is 0 Å². The zero-order chi connectivity index (χ0) is 14.6. The molecule has 0 aromatic heterocycles. The van der Waals surface area contributed by atoms with Crippen LogP contribution in [0, 0.1) is 6.92 Å². The van der Waals surface area contributed by atoms with Gasteiger partial charge in [0.25, 0.3) is 5.91 Å². The number of anilines is 1. The summed E-state index contributed by atoms with van der Waals surface area (Å²) < 4.78 is 0.312. The van der Waals surface area contributed by atoms with Gasteiger partial charge in [-0.15, -0.1) is 0 Å². The van der Waals surface area contributed by atoms with Crippen LogP contribution in [-0.4, -0.2) is 30.0 Å². The summed E-state index contributed by atoms with van der Waals surface area (Å²) in [6, 6.07) is 5.95. The van der Waals surface area contributed by atoms with Crippen LogP contribution in [0.3, 0.4) is 0 Å². The second-order valence-electron chi connectivity index (χ2n) is 5.53. The Morgan fingerprint density at radius 1 is 1.40 bits per heavy atom. The lowest BCUT2D eigenvalue weighted by Crippen LogP contribution is -2.32. The van der Waals surface area contributed by atoms with Gasteiger partial charge in [-0.1, -0.05) is 6.92 Å². The Balaban J connectivity index is 1.95. The summed E-state index contributed by atoms with van der Waals surface area (Å²) in [5, 5.41) is 6.42. The van der Waals surface area contributed by atoms with Crippen LogP contribution in [0.2, 0.25) is 0 Å². The van der Waals surface area contributed by atoms with Gasteiger partial charge in [-0.05, 0) is 56.2 Å². The normalized spacial score (nSPS) is 15.8. The number of carbonyl (C=O) groups excluding carboxylic acids is 1. The molecule has 20 heavy (non-hydrogen) atoms. The number of carbonyl (C=O) groups is 1. The van der Waals surface area contributed by atoms with E-state index in [0.717, 1.165) is 36.3 Å². The van der Waals surface area contributed by atoms with Gasteiger partial charge in [0.05, 0.1) is 0 Å². The Morgan fingerprint density at radius 3 is 2.70 bits per heavy atom. The minimum absolute atomic E-state index is 0.0462. The predicted molar refractivity (Wildman–Crippen MR) is 87.8 cm³/mol. The number of benzene rings is 1. The van der Waals surface area contributed by atoms with E-state index in [1.54, 1.807) is 0 Å². The van der Waals surface area contributed by atoms with Gasteiger partial charge in [0.15, 0.2) is 0 Å². The number of thioether (sulfide) groups is 1. The van der Waals surface area contributed by atoms with Crippen LogP contribution in [-0.2, 0) is 0 Å². The van der Waals surface area contributed by atoms with Crippen LogP contribution in [0.25, 0.3) is 0 Å². The molecule has 0 heterocycles. The molecule has 1 amide bonds. The number of hydrogen-bond donors (Lipinski definition) is 2. The molecule has 0 bridgehead atoms. The summed E-state index contributed by atoms with van der Waals surface area (Å²) in [5.74, 6) is 0.0462. The number of hydrogen-bond acceptors (Lipinski definition) is 3. The van der Waals surface area contributed by atoms with Crippen molar-refractivity contribution in [2.45, 2.75) is 37.9 Å². The quantitative estimate of drug-likeness (QED) is 0.809. The fraction of sp³-hybridized carbons (Fsp3) is 0.562. The van der Waals surface area contributed by atoms with Crippen molar-refractivity contribution in [3.63, 3.8) is 0 Å². The van der Waals surface area contributed by atoms with E-state index in [4.69, 9.17) is 0 Å². The fourth-order valence-electron chi connectivity index (χ4n) is 2.23. The highest BCUT2D eigenvalue weighted by atomic mass is 32.2. The number of nitrogens with one attached hydrogen (secondary N) is 2.